The first-order valence-corrected chi connectivity index (χ1v) is 17.4. The van der Waals surface area contributed by atoms with Gasteiger partial charge in [-0.2, -0.15) is 17.2 Å². The van der Waals surface area contributed by atoms with Crippen LogP contribution in [-0.4, -0.2) is 79.2 Å². The van der Waals surface area contributed by atoms with Gasteiger partial charge in [-0.15, -0.1) is 0 Å². The van der Waals surface area contributed by atoms with E-state index in [1.165, 1.54) is 19.3 Å². The Labute approximate surface area is 258 Å². The summed E-state index contributed by atoms with van der Waals surface area (Å²) in [6.07, 6.45) is 2.81. The van der Waals surface area contributed by atoms with Crippen LogP contribution in [-0.2, 0) is 53.0 Å². The second-order valence-corrected chi connectivity index (χ2v) is 15.8. The monoisotopic (exact) mass is 660 g/mol. The van der Waals surface area contributed by atoms with Crippen LogP contribution >= 0.6 is 0 Å². The van der Waals surface area contributed by atoms with Crippen LogP contribution in [0.15, 0.2) is 0 Å². The van der Waals surface area contributed by atoms with Crippen molar-refractivity contribution in [1.29, 1.82) is 0 Å². The molecule has 1 aliphatic heterocycles. The molecule has 0 aromatic rings. The van der Waals surface area contributed by atoms with E-state index < -0.39 is 94.1 Å². The summed E-state index contributed by atoms with van der Waals surface area (Å²) < 4.78 is 84.3. The number of fused-ring (bicyclic) bond motifs is 10. The number of alkyl halides is 2. The van der Waals surface area contributed by atoms with Crippen molar-refractivity contribution in [3.63, 3.8) is 0 Å². The first-order valence-electron chi connectivity index (χ1n) is 15.9. The molecule has 1 saturated heterocycles. The Morgan fingerprint density at radius 3 is 2.42 bits per heavy atom. The number of hydrogen-bond donors (Lipinski definition) is 1. The number of esters is 4. The number of ether oxygens (including phenoxy) is 5. The van der Waals surface area contributed by atoms with Crippen LogP contribution in [0.4, 0.5) is 8.78 Å². The molecule has 15 heteroatoms. The predicted octanol–water partition coefficient (Wildman–Crippen LogP) is 2.53. The lowest BCUT2D eigenvalue weighted by Gasteiger charge is -2.46. The van der Waals surface area contributed by atoms with E-state index >= 15 is 0 Å². The molecule has 0 aromatic carbocycles. The Bertz CT molecular complexity index is 1400. The molecule has 6 bridgehead atoms. The van der Waals surface area contributed by atoms with Crippen LogP contribution in [0.1, 0.15) is 58.8 Å². The maximum Gasteiger partial charge on any atom is 0.405 e. The maximum absolute atomic E-state index is 14.0. The highest BCUT2D eigenvalue weighted by molar-refractivity contribution is 7.86. The van der Waals surface area contributed by atoms with Crippen molar-refractivity contribution in [3.8, 4) is 0 Å². The number of rotatable bonds is 11. The largest absolute Gasteiger partial charge is 0.459 e. The van der Waals surface area contributed by atoms with Crippen molar-refractivity contribution in [2.75, 3.05) is 13.2 Å². The van der Waals surface area contributed by atoms with Crippen LogP contribution in [0.25, 0.3) is 0 Å². The fourth-order valence-electron chi connectivity index (χ4n) is 10.9. The maximum atomic E-state index is 14.0. The summed E-state index contributed by atoms with van der Waals surface area (Å²) >= 11 is 0. The van der Waals surface area contributed by atoms with Crippen molar-refractivity contribution in [2.45, 2.75) is 88.0 Å². The Balaban J connectivity index is 0.963. The highest BCUT2D eigenvalue weighted by atomic mass is 32.2. The summed E-state index contributed by atoms with van der Waals surface area (Å²) in [5.74, 6) is -1.78. The zero-order valence-electron chi connectivity index (χ0n) is 25.0. The van der Waals surface area contributed by atoms with E-state index in [1.54, 1.807) is 0 Å². The molecule has 7 fully saturated rings. The van der Waals surface area contributed by atoms with Gasteiger partial charge in [-0.25, -0.2) is 9.59 Å². The molecular weight excluding hydrogens is 622 g/mol. The molecule has 1 N–H and O–H groups in total. The third-order valence-corrected chi connectivity index (χ3v) is 13.5. The summed E-state index contributed by atoms with van der Waals surface area (Å²) in [7, 11) is -5.83. The van der Waals surface area contributed by atoms with Crippen LogP contribution in [0.5, 0.6) is 0 Å². The Hall–Kier alpha value is -2.39. The van der Waals surface area contributed by atoms with E-state index in [4.69, 9.17) is 23.5 Å². The summed E-state index contributed by atoms with van der Waals surface area (Å²) in [4.78, 5) is 51.3. The molecule has 7 aliphatic rings. The van der Waals surface area contributed by atoms with Gasteiger partial charge in [0.1, 0.15) is 31.0 Å². The van der Waals surface area contributed by atoms with E-state index in [0.29, 0.717) is 43.4 Å². The molecule has 14 atom stereocenters. The lowest BCUT2D eigenvalue weighted by Crippen LogP contribution is -2.50. The zero-order valence-corrected chi connectivity index (χ0v) is 25.8. The van der Waals surface area contributed by atoms with Gasteiger partial charge in [-0.05, 0) is 81.5 Å². The molecule has 0 amide bonds. The van der Waals surface area contributed by atoms with Gasteiger partial charge in [0.05, 0.1) is 11.8 Å². The third-order valence-electron chi connectivity index (χ3n) is 12.4. The molecule has 12 nitrogen and oxygen atoms in total. The topological polar surface area (TPSA) is 169 Å². The minimum absolute atomic E-state index is 0.299. The lowest BCUT2D eigenvalue weighted by atomic mass is 9.65. The van der Waals surface area contributed by atoms with Crippen LogP contribution in [0, 0.1) is 59.2 Å². The third kappa shape index (κ3) is 4.64. The number of hydrogen-bond acceptors (Lipinski definition) is 11. The van der Waals surface area contributed by atoms with E-state index in [-0.39, 0.29) is 5.92 Å². The Kier molecular flexibility index (Phi) is 7.33. The smallest absolute Gasteiger partial charge is 0.405 e. The molecule has 0 aromatic heterocycles. The number of halogens is 2. The summed E-state index contributed by atoms with van der Waals surface area (Å²) in [5.41, 5.74) is -0.547. The second-order valence-electron chi connectivity index (χ2n) is 14.3. The van der Waals surface area contributed by atoms with E-state index in [9.17, 15) is 36.4 Å². The fraction of sp³-hybridized carbons (Fsp3) is 0.867. The van der Waals surface area contributed by atoms with Crippen molar-refractivity contribution < 1.29 is 64.6 Å². The molecule has 45 heavy (non-hydrogen) atoms. The van der Waals surface area contributed by atoms with Gasteiger partial charge in [-0.3, -0.25) is 14.1 Å². The Morgan fingerprint density at radius 2 is 1.73 bits per heavy atom. The molecule has 6 aliphatic carbocycles. The second kappa shape index (κ2) is 10.6. The van der Waals surface area contributed by atoms with Crippen molar-refractivity contribution >= 4 is 34.0 Å². The minimum atomic E-state index is -5.83. The minimum Gasteiger partial charge on any atom is -0.459 e. The SMILES string of the molecule is CCC1(OC(=O)C2C3CC4C(OC(=O)C42)C3OC(=O)COCC(=O)OC(C)C(F)(F)S(=O)(=O)O)CC2CC1C1C3CCC(C3)C21. The molecule has 0 spiro atoms. The van der Waals surface area contributed by atoms with Crippen LogP contribution in [0.2, 0.25) is 0 Å². The standard InChI is InChI=1S/C30H38F2O12S/c1-3-29(9-15-7-18(29)22-14-5-4-13(6-14)21(15)22)44-28(36)24-17-8-16-23(24)27(35)43-26(16)25(17)42-20(34)11-40-10-19(33)41-12(2)30(31,32)45(37,38)39/h12-18,21-26H,3-11H2,1-2H3,(H,37,38,39). The molecular formula is C30H38F2O12S. The molecule has 6 saturated carbocycles. The van der Waals surface area contributed by atoms with Crippen molar-refractivity contribution in [2.24, 2.45) is 59.2 Å². The summed E-state index contributed by atoms with van der Waals surface area (Å²) in [5, 5.41) is -4.75. The average Bonchev–Trinajstić information content (AvgIpc) is 3.80. The average molecular weight is 661 g/mol. The van der Waals surface area contributed by atoms with Gasteiger partial charge < -0.3 is 23.7 Å². The van der Waals surface area contributed by atoms with E-state index in [1.807, 2.05) is 0 Å². The number of carbonyl (C=O) groups is 4. The summed E-state index contributed by atoms with van der Waals surface area (Å²) in [6, 6.07) is 0. The van der Waals surface area contributed by atoms with Gasteiger partial charge in [-0.1, -0.05) is 6.92 Å². The van der Waals surface area contributed by atoms with Crippen LogP contribution < -0.4 is 0 Å². The van der Waals surface area contributed by atoms with E-state index in [2.05, 4.69) is 11.7 Å². The Morgan fingerprint density at radius 1 is 1.04 bits per heavy atom. The van der Waals surface area contributed by atoms with Crippen LogP contribution in [0.3, 0.4) is 0 Å². The molecule has 14 unspecified atom stereocenters. The molecule has 7 rings (SSSR count). The summed E-state index contributed by atoms with van der Waals surface area (Å²) in [6.45, 7) is 0.856. The van der Waals surface area contributed by atoms with Gasteiger partial charge in [0.25, 0.3) is 0 Å². The molecule has 1 heterocycles. The van der Waals surface area contributed by atoms with Gasteiger partial charge >= 0.3 is 39.2 Å². The van der Waals surface area contributed by atoms with Gasteiger partial charge in [0.15, 0.2) is 6.10 Å². The highest BCUT2D eigenvalue weighted by Gasteiger charge is 2.72. The molecule has 250 valence electrons. The highest BCUT2D eigenvalue weighted by Crippen LogP contribution is 2.71. The van der Waals surface area contributed by atoms with Crippen molar-refractivity contribution in [3.05, 3.63) is 0 Å². The van der Waals surface area contributed by atoms with Crippen molar-refractivity contribution in [1.82, 2.24) is 0 Å². The predicted molar refractivity (Wildman–Crippen MR) is 144 cm³/mol. The fourth-order valence-corrected chi connectivity index (χ4v) is 11.4. The normalized spacial score (nSPS) is 44.2. The van der Waals surface area contributed by atoms with Gasteiger partial charge in [0.2, 0.25) is 0 Å². The first-order chi connectivity index (χ1) is 21.2. The van der Waals surface area contributed by atoms with E-state index in [0.717, 1.165) is 24.7 Å². The number of carbonyl (C=O) groups excluding carboxylic acids is 4. The first kappa shape index (κ1) is 31.2. The zero-order chi connectivity index (χ0) is 32.2. The lowest BCUT2D eigenvalue weighted by molar-refractivity contribution is -0.186. The van der Waals surface area contributed by atoms with Gasteiger partial charge in [0, 0.05) is 17.8 Å². The molecule has 0 radical (unpaired) electrons. The quantitative estimate of drug-likeness (QED) is 0.149.